The van der Waals surface area contributed by atoms with Gasteiger partial charge in [-0.3, -0.25) is 9.80 Å². The van der Waals surface area contributed by atoms with Crippen molar-refractivity contribution in [1.29, 1.82) is 0 Å². The van der Waals surface area contributed by atoms with Crippen LogP contribution in [0.5, 0.6) is 0 Å². The minimum atomic E-state index is -0.405. The summed E-state index contributed by atoms with van der Waals surface area (Å²) in [5, 5.41) is 10.1. The van der Waals surface area contributed by atoms with Crippen LogP contribution in [0.25, 0.3) is 0 Å². The van der Waals surface area contributed by atoms with Gasteiger partial charge >= 0.3 is 0 Å². The van der Waals surface area contributed by atoms with Gasteiger partial charge in [0.05, 0.1) is 18.3 Å². The Morgan fingerprint density at radius 2 is 1.61 bits per heavy atom. The second-order valence-corrected chi connectivity index (χ2v) is 7.64. The molecular weight excluding hydrogens is 288 g/mol. The predicted molar refractivity (Wildman–Crippen MR) is 94.6 cm³/mol. The zero-order chi connectivity index (χ0) is 16.9. The molecule has 1 aliphatic heterocycles. The van der Waals surface area contributed by atoms with Crippen molar-refractivity contribution in [3.63, 3.8) is 0 Å². The lowest BCUT2D eigenvalue weighted by atomic mass is 10.1. The van der Waals surface area contributed by atoms with Gasteiger partial charge in [-0.2, -0.15) is 0 Å². The van der Waals surface area contributed by atoms with E-state index in [-0.39, 0.29) is 5.60 Å². The Morgan fingerprint density at radius 1 is 1.04 bits per heavy atom. The van der Waals surface area contributed by atoms with Crippen LogP contribution >= 0.6 is 0 Å². The fourth-order valence-corrected chi connectivity index (χ4v) is 2.78. The van der Waals surface area contributed by atoms with Crippen LogP contribution in [0.15, 0.2) is 24.3 Å². The van der Waals surface area contributed by atoms with E-state index >= 15 is 0 Å². The third kappa shape index (κ3) is 7.00. The number of hydrogen-bond donors (Lipinski definition) is 1. The number of β-amino-alcohol motifs (C(OH)–C–C–N with tert-alkyl or cyclic N) is 1. The number of aliphatic hydroxyl groups is 1. The number of nitrogens with zero attached hydrogens (tertiary/aromatic N) is 2. The van der Waals surface area contributed by atoms with Crippen molar-refractivity contribution in [1.82, 2.24) is 9.80 Å². The highest BCUT2D eigenvalue weighted by atomic mass is 16.5. The van der Waals surface area contributed by atoms with Crippen molar-refractivity contribution in [3.05, 3.63) is 35.4 Å². The molecule has 1 aromatic carbocycles. The third-order valence-corrected chi connectivity index (χ3v) is 4.17. The lowest BCUT2D eigenvalue weighted by Gasteiger charge is -2.36. The van der Waals surface area contributed by atoms with Crippen LogP contribution in [0.2, 0.25) is 0 Å². The minimum absolute atomic E-state index is 0.187. The van der Waals surface area contributed by atoms with Crippen molar-refractivity contribution in [2.45, 2.75) is 45.9 Å². The van der Waals surface area contributed by atoms with E-state index in [1.54, 1.807) is 0 Å². The Hall–Kier alpha value is -0.940. The largest absolute Gasteiger partial charge is 0.389 e. The van der Waals surface area contributed by atoms with Gasteiger partial charge in [-0.1, -0.05) is 29.8 Å². The fourth-order valence-electron chi connectivity index (χ4n) is 2.78. The van der Waals surface area contributed by atoms with Gasteiger partial charge in [-0.05, 0) is 33.3 Å². The van der Waals surface area contributed by atoms with Crippen molar-refractivity contribution < 1.29 is 9.84 Å². The molecule has 1 N–H and O–H groups in total. The molecule has 1 saturated heterocycles. The van der Waals surface area contributed by atoms with E-state index in [0.29, 0.717) is 13.2 Å². The number of rotatable bonds is 6. The Labute approximate surface area is 141 Å². The second kappa shape index (κ2) is 8.25. The molecule has 0 amide bonds. The Bertz CT molecular complexity index is 459. The van der Waals surface area contributed by atoms with E-state index in [0.717, 1.165) is 32.7 Å². The monoisotopic (exact) mass is 320 g/mol. The van der Waals surface area contributed by atoms with Crippen LogP contribution in [0, 0.1) is 6.92 Å². The quantitative estimate of drug-likeness (QED) is 0.872. The molecule has 1 aliphatic rings. The molecule has 1 atom stereocenters. The summed E-state index contributed by atoms with van der Waals surface area (Å²) in [6.07, 6.45) is -0.405. The maximum atomic E-state index is 10.1. The van der Waals surface area contributed by atoms with Crippen LogP contribution in [0.3, 0.4) is 0 Å². The molecule has 4 nitrogen and oxygen atoms in total. The number of ether oxygens (including phenoxy) is 1. The molecule has 0 radical (unpaired) electrons. The van der Waals surface area contributed by atoms with E-state index in [2.05, 4.69) is 41.0 Å². The average Bonchev–Trinajstić information content (AvgIpc) is 2.49. The Balaban J connectivity index is 1.68. The summed E-state index contributed by atoms with van der Waals surface area (Å²) < 4.78 is 5.66. The van der Waals surface area contributed by atoms with Gasteiger partial charge in [0.1, 0.15) is 0 Å². The number of hydrogen-bond acceptors (Lipinski definition) is 4. The molecule has 1 unspecified atom stereocenters. The number of aryl methyl sites for hydroxylation is 1. The molecule has 0 saturated carbocycles. The van der Waals surface area contributed by atoms with Crippen LogP contribution in [-0.4, -0.2) is 65.9 Å². The van der Waals surface area contributed by atoms with Gasteiger partial charge in [0.15, 0.2) is 0 Å². The van der Waals surface area contributed by atoms with E-state index in [9.17, 15) is 5.11 Å². The van der Waals surface area contributed by atoms with E-state index in [1.807, 2.05) is 20.8 Å². The summed E-state index contributed by atoms with van der Waals surface area (Å²) >= 11 is 0. The molecule has 0 bridgehead atoms. The van der Waals surface area contributed by atoms with Crippen molar-refractivity contribution in [2.24, 2.45) is 0 Å². The van der Waals surface area contributed by atoms with E-state index in [4.69, 9.17) is 4.74 Å². The summed E-state index contributed by atoms with van der Waals surface area (Å²) in [4.78, 5) is 4.82. The highest BCUT2D eigenvalue weighted by Gasteiger charge is 2.20. The van der Waals surface area contributed by atoms with Crippen LogP contribution < -0.4 is 0 Å². The van der Waals surface area contributed by atoms with Crippen molar-refractivity contribution in [2.75, 3.05) is 39.3 Å². The molecule has 0 spiro atoms. The van der Waals surface area contributed by atoms with Crippen molar-refractivity contribution in [3.8, 4) is 0 Å². The Morgan fingerprint density at radius 3 is 2.17 bits per heavy atom. The normalized spacial score (nSPS) is 19.0. The number of benzene rings is 1. The average molecular weight is 320 g/mol. The molecule has 2 rings (SSSR count). The van der Waals surface area contributed by atoms with Crippen molar-refractivity contribution >= 4 is 0 Å². The fraction of sp³-hybridized carbons (Fsp3) is 0.684. The van der Waals surface area contributed by atoms with Gasteiger partial charge < -0.3 is 9.84 Å². The first-order valence-corrected chi connectivity index (χ1v) is 8.64. The van der Waals surface area contributed by atoms with Gasteiger partial charge in [-0.25, -0.2) is 0 Å². The maximum absolute atomic E-state index is 10.1. The summed E-state index contributed by atoms with van der Waals surface area (Å²) in [5.74, 6) is 0. The number of piperazine rings is 1. The first-order chi connectivity index (χ1) is 10.8. The first-order valence-electron chi connectivity index (χ1n) is 8.64. The zero-order valence-corrected chi connectivity index (χ0v) is 15.1. The first kappa shape index (κ1) is 18.4. The van der Waals surface area contributed by atoms with Gasteiger partial charge in [0.25, 0.3) is 0 Å². The maximum Gasteiger partial charge on any atom is 0.0900 e. The SMILES string of the molecule is Cc1ccc(CN2CCN(CC(O)COC(C)(C)C)CC2)cc1. The topological polar surface area (TPSA) is 35.9 Å². The van der Waals surface area contributed by atoms with Gasteiger partial charge in [0.2, 0.25) is 0 Å². The molecule has 0 aromatic heterocycles. The molecule has 0 aliphatic carbocycles. The highest BCUT2D eigenvalue weighted by molar-refractivity contribution is 5.21. The molecule has 1 aromatic rings. The summed E-state index contributed by atoms with van der Waals surface area (Å²) in [6.45, 7) is 14.4. The molecule has 1 heterocycles. The van der Waals surface area contributed by atoms with Crippen LogP contribution in [0.1, 0.15) is 31.9 Å². The van der Waals surface area contributed by atoms with Gasteiger partial charge in [-0.15, -0.1) is 0 Å². The molecular formula is C19H32N2O2. The van der Waals surface area contributed by atoms with E-state index < -0.39 is 6.10 Å². The zero-order valence-electron chi connectivity index (χ0n) is 15.1. The second-order valence-electron chi connectivity index (χ2n) is 7.64. The summed E-state index contributed by atoms with van der Waals surface area (Å²) in [7, 11) is 0. The molecule has 130 valence electrons. The standard InChI is InChI=1S/C19H32N2O2/c1-16-5-7-17(8-6-16)13-20-9-11-21(12-10-20)14-18(22)15-23-19(2,3)4/h5-8,18,22H,9-15H2,1-4H3. The predicted octanol–water partition coefficient (Wildman–Crippen LogP) is 2.29. The van der Waals surface area contributed by atoms with E-state index in [1.165, 1.54) is 11.1 Å². The molecule has 4 heteroatoms. The molecule has 1 fully saturated rings. The summed E-state index contributed by atoms with van der Waals surface area (Å²) in [5.41, 5.74) is 2.50. The highest BCUT2D eigenvalue weighted by Crippen LogP contribution is 2.11. The third-order valence-electron chi connectivity index (χ3n) is 4.17. The minimum Gasteiger partial charge on any atom is -0.389 e. The smallest absolute Gasteiger partial charge is 0.0900 e. The Kier molecular flexibility index (Phi) is 6.60. The number of aliphatic hydroxyl groups excluding tert-OH is 1. The van der Waals surface area contributed by atoms with Crippen LogP contribution in [-0.2, 0) is 11.3 Å². The van der Waals surface area contributed by atoms with Crippen LogP contribution in [0.4, 0.5) is 0 Å². The lowest BCUT2D eigenvalue weighted by molar-refractivity contribution is -0.0587. The lowest BCUT2D eigenvalue weighted by Crippen LogP contribution is -2.48. The molecule has 23 heavy (non-hydrogen) atoms. The summed E-state index contributed by atoms with van der Waals surface area (Å²) in [6, 6.07) is 8.79. The van der Waals surface area contributed by atoms with Gasteiger partial charge in [0, 0.05) is 39.3 Å².